The Morgan fingerprint density at radius 3 is 2.86 bits per heavy atom. The Bertz CT molecular complexity index is 802. The van der Waals surface area contributed by atoms with E-state index in [2.05, 4.69) is 15.5 Å². The number of hydrogen-bond acceptors (Lipinski definition) is 5. The van der Waals surface area contributed by atoms with Crippen molar-refractivity contribution in [3.05, 3.63) is 52.6 Å². The molecule has 8 heteroatoms. The van der Waals surface area contributed by atoms with Crippen LogP contribution in [0.25, 0.3) is 11.5 Å². The summed E-state index contributed by atoms with van der Waals surface area (Å²) in [5.74, 6) is -1.67. The maximum atomic E-state index is 13.4. The highest BCUT2D eigenvalue weighted by Crippen LogP contribution is 2.21. The van der Waals surface area contributed by atoms with Crippen molar-refractivity contribution in [2.24, 2.45) is 0 Å². The number of nitrogens with one attached hydrogen (secondary N) is 1. The molecule has 0 radical (unpaired) electrons. The van der Waals surface area contributed by atoms with E-state index in [0.717, 1.165) is 17.7 Å². The number of carbonyl (C=O) groups excluding carboxylic acids is 1. The summed E-state index contributed by atoms with van der Waals surface area (Å²) in [5, 5.41) is 13.6. The predicted molar refractivity (Wildman–Crippen MR) is 76.3 cm³/mol. The van der Waals surface area contributed by atoms with E-state index in [0.29, 0.717) is 12.0 Å². The van der Waals surface area contributed by atoms with E-state index in [1.165, 1.54) is 11.3 Å². The maximum absolute atomic E-state index is 13.4. The normalized spacial score (nSPS) is 10.6. The minimum Gasteiger partial charge on any atom is -0.420 e. The summed E-state index contributed by atoms with van der Waals surface area (Å²) < 4.78 is 31.6. The number of carbonyl (C=O) groups is 1. The van der Waals surface area contributed by atoms with Crippen molar-refractivity contribution in [2.75, 3.05) is 5.32 Å². The Morgan fingerprint density at radius 1 is 1.27 bits per heavy atom. The van der Waals surface area contributed by atoms with Crippen molar-refractivity contribution in [1.82, 2.24) is 10.2 Å². The molecule has 0 unspecified atom stereocenters. The van der Waals surface area contributed by atoms with Crippen molar-refractivity contribution in [2.45, 2.75) is 6.42 Å². The Balaban J connectivity index is 1.67. The first-order valence-electron chi connectivity index (χ1n) is 6.21. The Kier molecular flexibility index (Phi) is 3.92. The zero-order valence-electron chi connectivity index (χ0n) is 11.0. The van der Waals surface area contributed by atoms with Crippen LogP contribution in [0.2, 0.25) is 0 Å². The molecule has 1 aromatic carbocycles. The fourth-order valence-corrected chi connectivity index (χ4v) is 2.38. The quantitative estimate of drug-likeness (QED) is 0.801. The molecule has 5 nitrogen and oxygen atoms in total. The summed E-state index contributed by atoms with van der Waals surface area (Å²) in [6.45, 7) is 0. The van der Waals surface area contributed by atoms with E-state index in [1.807, 2.05) is 16.8 Å². The van der Waals surface area contributed by atoms with Gasteiger partial charge in [0.05, 0.1) is 5.69 Å². The van der Waals surface area contributed by atoms with Crippen LogP contribution in [-0.2, 0) is 11.2 Å². The molecule has 0 bridgehead atoms. The molecule has 0 saturated carbocycles. The molecule has 22 heavy (non-hydrogen) atoms. The zero-order valence-corrected chi connectivity index (χ0v) is 11.9. The monoisotopic (exact) mass is 321 g/mol. The van der Waals surface area contributed by atoms with Gasteiger partial charge in [-0.05, 0) is 23.6 Å². The molecule has 0 saturated heterocycles. The fraction of sp³-hybridized carbons (Fsp3) is 0.0714. The van der Waals surface area contributed by atoms with Gasteiger partial charge in [0.25, 0.3) is 0 Å². The number of benzene rings is 1. The first kappa shape index (κ1) is 14.3. The Morgan fingerprint density at radius 2 is 2.14 bits per heavy atom. The summed E-state index contributed by atoms with van der Waals surface area (Å²) in [6, 6.07) is 4.71. The fourth-order valence-electron chi connectivity index (χ4n) is 1.75. The van der Waals surface area contributed by atoms with Crippen LogP contribution >= 0.6 is 11.3 Å². The van der Waals surface area contributed by atoms with Crippen molar-refractivity contribution in [1.29, 1.82) is 0 Å². The lowest BCUT2D eigenvalue weighted by Crippen LogP contribution is -2.15. The van der Waals surface area contributed by atoms with Crippen LogP contribution < -0.4 is 5.32 Å². The molecule has 3 aromatic rings. The van der Waals surface area contributed by atoms with E-state index in [-0.39, 0.29) is 18.0 Å². The third kappa shape index (κ3) is 3.17. The number of hydrogen-bond donors (Lipinski definition) is 1. The first-order chi connectivity index (χ1) is 10.6. The lowest BCUT2D eigenvalue weighted by molar-refractivity contribution is -0.115. The summed E-state index contributed by atoms with van der Waals surface area (Å²) >= 11 is 1.48. The number of thiophene rings is 1. The molecule has 0 aliphatic heterocycles. The van der Waals surface area contributed by atoms with Gasteiger partial charge in [-0.15, -0.1) is 10.2 Å². The van der Waals surface area contributed by atoms with Gasteiger partial charge in [-0.3, -0.25) is 4.79 Å². The Labute approximate surface area is 127 Å². The lowest BCUT2D eigenvalue weighted by atomic mass is 10.3. The van der Waals surface area contributed by atoms with Gasteiger partial charge < -0.3 is 9.73 Å². The summed E-state index contributed by atoms with van der Waals surface area (Å²) in [6.07, 6.45) is -0.200. The molecule has 0 aliphatic carbocycles. The van der Waals surface area contributed by atoms with Crippen molar-refractivity contribution in [3.63, 3.8) is 0 Å². The van der Waals surface area contributed by atoms with E-state index in [4.69, 9.17) is 4.42 Å². The summed E-state index contributed by atoms with van der Waals surface area (Å²) in [5.41, 5.74) is 0.665. The highest BCUT2D eigenvalue weighted by atomic mass is 32.1. The van der Waals surface area contributed by atoms with E-state index >= 15 is 0 Å². The van der Waals surface area contributed by atoms with Crippen LogP contribution in [0.1, 0.15) is 5.89 Å². The smallest absolute Gasteiger partial charge is 0.248 e. The number of anilines is 1. The number of amides is 1. The molecule has 0 fully saturated rings. The van der Waals surface area contributed by atoms with Crippen LogP contribution in [0.15, 0.2) is 39.4 Å². The highest BCUT2D eigenvalue weighted by molar-refractivity contribution is 7.08. The van der Waals surface area contributed by atoms with Gasteiger partial charge >= 0.3 is 0 Å². The molecule has 0 spiro atoms. The number of nitrogens with zero attached hydrogens (tertiary/aromatic N) is 2. The molecule has 1 amide bonds. The van der Waals surface area contributed by atoms with Crippen LogP contribution in [0.3, 0.4) is 0 Å². The first-order valence-corrected chi connectivity index (χ1v) is 7.16. The highest BCUT2D eigenvalue weighted by Gasteiger charge is 2.14. The van der Waals surface area contributed by atoms with E-state index < -0.39 is 17.5 Å². The topological polar surface area (TPSA) is 68.0 Å². The van der Waals surface area contributed by atoms with Crippen molar-refractivity contribution in [3.8, 4) is 11.5 Å². The summed E-state index contributed by atoms with van der Waals surface area (Å²) in [7, 11) is 0. The maximum Gasteiger partial charge on any atom is 0.248 e. The van der Waals surface area contributed by atoms with Crippen LogP contribution in [-0.4, -0.2) is 16.1 Å². The van der Waals surface area contributed by atoms with E-state index in [1.54, 1.807) is 0 Å². The van der Waals surface area contributed by atoms with Crippen LogP contribution in [0, 0.1) is 11.6 Å². The van der Waals surface area contributed by atoms with Gasteiger partial charge in [0, 0.05) is 17.0 Å². The molecule has 3 rings (SSSR count). The van der Waals surface area contributed by atoms with Gasteiger partial charge in [-0.1, -0.05) is 0 Å². The summed E-state index contributed by atoms with van der Waals surface area (Å²) in [4.78, 5) is 11.8. The molecule has 2 heterocycles. The zero-order chi connectivity index (χ0) is 15.5. The van der Waals surface area contributed by atoms with Crippen molar-refractivity contribution >= 4 is 22.9 Å². The van der Waals surface area contributed by atoms with Gasteiger partial charge in [-0.25, -0.2) is 8.78 Å². The van der Waals surface area contributed by atoms with Crippen LogP contribution in [0.5, 0.6) is 0 Å². The molecule has 0 atom stereocenters. The number of rotatable bonds is 4. The predicted octanol–water partition coefficient (Wildman–Crippen LogP) is 3.26. The SMILES string of the molecule is O=C(Cc1nnc(-c2ccsc2)o1)Nc1ccc(F)cc1F. The molecule has 0 aliphatic rings. The molecule has 1 N–H and O–H groups in total. The molecular weight excluding hydrogens is 312 g/mol. The van der Waals surface area contributed by atoms with Crippen molar-refractivity contribution < 1.29 is 18.0 Å². The van der Waals surface area contributed by atoms with Gasteiger partial charge in [0.2, 0.25) is 17.7 Å². The molecular formula is C14H9F2N3O2S. The molecule has 112 valence electrons. The van der Waals surface area contributed by atoms with Crippen LogP contribution in [0.4, 0.5) is 14.5 Å². The second-order valence-corrected chi connectivity index (χ2v) is 5.14. The number of halogens is 2. The standard InChI is InChI=1S/C14H9F2N3O2S/c15-9-1-2-11(10(16)5-9)17-12(20)6-13-18-19-14(21-13)8-3-4-22-7-8/h1-5,7H,6H2,(H,17,20). The number of aromatic nitrogens is 2. The second kappa shape index (κ2) is 6.02. The Hall–Kier alpha value is -2.61. The third-order valence-electron chi connectivity index (χ3n) is 2.75. The van der Waals surface area contributed by atoms with Gasteiger partial charge in [0.15, 0.2) is 0 Å². The van der Waals surface area contributed by atoms with Gasteiger partial charge in [0.1, 0.15) is 18.1 Å². The minimum absolute atomic E-state index is 0.107. The molecule has 2 aromatic heterocycles. The van der Waals surface area contributed by atoms with E-state index in [9.17, 15) is 13.6 Å². The third-order valence-corrected chi connectivity index (χ3v) is 3.44. The average molecular weight is 321 g/mol. The van der Waals surface area contributed by atoms with Gasteiger partial charge in [-0.2, -0.15) is 11.3 Å². The second-order valence-electron chi connectivity index (χ2n) is 4.36. The average Bonchev–Trinajstić information content (AvgIpc) is 3.12. The largest absolute Gasteiger partial charge is 0.420 e. The minimum atomic E-state index is -0.849. The lowest BCUT2D eigenvalue weighted by Gasteiger charge is -2.04.